The Kier molecular flexibility index (Phi) is 7.34. The molecular formula is C23H24BrNO3. The quantitative estimate of drug-likeness (QED) is 0.486. The molecule has 0 aromatic heterocycles. The van der Waals surface area contributed by atoms with E-state index in [2.05, 4.69) is 33.4 Å². The fourth-order valence-corrected chi connectivity index (χ4v) is 3.46. The SMILES string of the molecule is COc1ccccc1CNCc1cc(Br)cc(OC)c1OCc1ccccc1. The summed E-state index contributed by atoms with van der Waals surface area (Å²) in [6.07, 6.45) is 0. The molecule has 0 fully saturated rings. The van der Waals surface area contributed by atoms with Crippen LogP contribution in [-0.4, -0.2) is 14.2 Å². The van der Waals surface area contributed by atoms with Crippen LogP contribution < -0.4 is 19.5 Å². The van der Waals surface area contributed by atoms with Crippen LogP contribution in [0.25, 0.3) is 0 Å². The molecule has 0 aliphatic heterocycles. The van der Waals surface area contributed by atoms with Gasteiger partial charge in [0.15, 0.2) is 11.5 Å². The lowest BCUT2D eigenvalue weighted by molar-refractivity contribution is 0.280. The van der Waals surface area contributed by atoms with Gasteiger partial charge in [-0.1, -0.05) is 64.5 Å². The smallest absolute Gasteiger partial charge is 0.166 e. The first kappa shape index (κ1) is 20.2. The summed E-state index contributed by atoms with van der Waals surface area (Å²) >= 11 is 3.56. The Hall–Kier alpha value is -2.50. The lowest BCUT2D eigenvalue weighted by Crippen LogP contribution is -2.14. The number of methoxy groups -OCH3 is 2. The van der Waals surface area contributed by atoms with Gasteiger partial charge in [-0.2, -0.15) is 0 Å². The highest BCUT2D eigenvalue weighted by Crippen LogP contribution is 2.35. The minimum absolute atomic E-state index is 0.484. The molecule has 28 heavy (non-hydrogen) atoms. The zero-order chi connectivity index (χ0) is 19.8. The van der Waals surface area contributed by atoms with Crippen LogP contribution in [0.2, 0.25) is 0 Å². The maximum absolute atomic E-state index is 6.14. The molecule has 3 rings (SSSR count). The summed E-state index contributed by atoms with van der Waals surface area (Å²) in [6, 6.07) is 22.1. The van der Waals surface area contributed by atoms with Gasteiger partial charge in [-0.3, -0.25) is 0 Å². The van der Waals surface area contributed by atoms with Gasteiger partial charge in [0, 0.05) is 28.7 Å². The van der Waals surface area contributed by atoms with Gasteiger partial charge in [0.2, 0.25) is 0 Å². The van der Waals surface area contributed by atoms with Crippen molar-refractivity contribution in [3.8, 4) is 17.2 Å². The predicted molar refractivity (Wildman–Crippen MR) is 115 cm³/mol. The van der Waals surface area contributed by atoms with Crippen LogP contribution in [0.15, 0.2) is 71.2 Å². The molecule has 1 N–H and O–H groups in total. The van der Waals surface area contributed by atoms with Crippen molar-refractivity contribution in [2.24, 2.45) is 0 Å². The molecule has 0 saturated heterocycles. The summed E-state index contributed by atoms with van der Waals surface area (Å²) in [7, 11) is 3.34. The zero-order valence-electron chi connectivity index (χ0n) is 16.1. The van der Waals surface area contributed by atoms with Crippen molar-refractivity contribution in [1.29, 1.82) is 0 Å². The highest BCUT2D eigenvalue weighted by Gasteiger charge is 2.13. The van der Waals surface area contributed by atoms with Gasteiger partial charge in [-0.05, 0) is 23.8 Å². The highest BCUT2D eigenvalue weighted by molar-refractivity contribution is 9.10. The molecule has 0 heterocycles. The summed E-state index contributed by atoms with van der Waals surface area (Å²) in [5.41, 5.74) is 3.25. The lowest BCUT2D eigenvalue weighted by Gasteiger charge is -2.17. The van der Waals surface area contributed by atoms with Crippen molar-refractivity contribution in [3.05, 3.63) is 87.9 Å². The third-order valence-electron chi connectivity index (χ3n) is 4.37. The van der Waals surface area contributed by atoms with Crippen LogP contribution in [0.3, 0.4) is 0 Å². The molecule has 0 atom stereocenters. The standard InChI is InChI=1S/C23H24BrNO3/c1-26-21-11-7-6-10-18(21)14-25-15-19-12-20(24)13-22(27-2)23(19)28-16-17-8-4-3-5-9-17/h3-13,25H,14-16H2,1-2H3. The van der Waals surface area contributed by atoms with Gasteiger partial charge in [-0.25, -0.2) is 0 Å². The predicted octanol–water partition coefficient (Wildman–Crippen LogP) is 5.34. The van der Waals surface area contributed by atoms with Gasteiger partial charge in [0.25, 0.3) is 0 Å². The molecule has 0 bridgehead atoms. The Balaban J connectivity index is 1.74. The van der Waals surface area contributed by atoms with Crippen LogP contribution in [0.1, 0.15) is 16.7 Å². The summed E-state index contributed by atoms with van der Waals surface area (Å²) in [6.45, 7) is 1.81. The average molecular weight is 442 g/mol. The fourth-order valence-electron chi connectivity index (χ4n) is 2.98. The molecule has 146 valence electrons. The third kappa shape index (κ3) is 5.27. The maximum atomic E-state index is 6.14. The zero-order valence-corrected chi connectivity index (χ0v) is 17.7. The number of halogens is 1. The molecule has 0 saturated carbocycles. The van der Waals surface area contributed by atoms with E-state index in [1.165, 1.54) is 0 Å². The summed E-state index contributed by atoms with van der Waals surface area (Å²) in [5.74, 6) is 2.34. The second-order valence-electron chi connectivity index (χ2n) is 6.29. The molecule has 0 aliphatic carbocycles. The number of hydrogen-bond donors (Lipinski definition) is 1. The fraction of sp³-hybridized carbons (Fsp3) is 0.217. The Morgan fingerprint density at radius 3 is 2.21 bits per heavy atom. The van der Waals surface area contributed by atoms with E-state index in [9.17, 15) is 0 Å². The monoisotopic (exact) mass is 441 g/mol. The van der Waals surface area contributed by atoms with Crippen molar-refractivity contribution in [1.82, 2.24) is 5.32 Å². The van der Waals surface area contributed by atoms with E-state index in [1.54, 1.807) is 14.2 Å². The normalized spacial score (nSPS) is 10.5. The molecular weight excluding hydrogens is 418 g/mol. The Morgan fingerprint density at radius 1 is 0.786 bits per heavy atom. The van der Waals surface area contributed by atoms with Crippen LogP contribution in [0.5, 0.6) is 17.2 Å². The van der Waals surface area contributed by atoms with E-state index in [1.807, 2.05) is 54.6 Å². The summed E-state index contributed by atoms with van der Waals surface area (Å²) < 4.78 is 18.1. The molecule has 0 unspecified atom stereocenters. The van der Waals surface area contributed by atoms with Crippen LogP contribution in [0.4, 0.5) is 0 Å². The molecule has 4 nitrogen and oxygen atoms in total. The lowest BCUT2D eigenvalue weighted by atomic mass is 10.1. The first-order chi connectivity index (χ1) is 13.7. The van der Waals surface area contributed by atoms with E-state index in [0.29, 0.717) is 25.4 Å². The van der Waals surface area contributed by atoms with E-state index < -0.39 is 0 Å². The topological polar surface area (TPSA) is 39.7 Å². The van der Waals surface area contributed by atoms with Gasteiger partial charge in [0.1, 0.15) is 12.4 Å². The maximum Gasteiger partial charge on any atom is 0.166 e. The molecule has 0 radical (unpaired) electrons. The van der Waals surface area contributed by atoms with Crippen LogP contribution in [-0.2, 0) is 19.7 Å². The van der Waals surface area contributed by atoms with E-state index in [4.69, 9.17) is 14.2 Å². The first-order valence-electron chi connectivity index (χ1n) is 9.07. The van der Waals surface area contributed by atoms with Gasteiger partial charge in [-0.15, -0.1) is 0 Å². The van der Waals surface area contributed by atoms with Gasteiger partial charge in [0.05, 0.1) is 14.2 Å². The van der Waals surface area contributed by atoms with Gasteiger partial charge >= 0.3 is 0 Å². The van der Waals surface area contributed by atoms with Crippen LogP contribution >= 0.6 is 15.9 Å². The van der Waals surface area contributed by atoms with E-state index in [-0.39, 0.29) is 0 Å². The van der Waals surface area contributed by atoms with E-state index >= 15 is 0 Å². The number of hydrogen-bond acceptors (Lipinski definition) is 4. The second kappa shape index (κ2) is 10.2. The van der Waals surface area contributed by atoms with Crippen molar-refractivity contribution >= 4 is 15.9 Å². The van der Waals surface area contributed by atoms with Crippen molar-refractivity contribution in [3.63, 3.8) is 0 Å². The number of para-hydroxylation sites is 1. The Bertz CT molecular complexity index is 900. The highest BCUT2D eigenvalue weighted by atomic mass is 79.9. The van der Waals surface area contributed by atoms with E-state index in [0.717, 1.165) is 32.7 Å². The van der Waals surface area contributed by atoms with Crippen LogP contribution in [0, 0.1) is 0 Å². The summed E-state index contributed by atoms with van der Waals surface area (Å²) in [4.78, 5) is 0. The van der Waals surface area contributed by atoms with Crippen molar-refractivity contribution in [2.45, 2.75) is 19.7 Å². The van der Waals surface area contributed by atoms with Crippen molar-refractivity contribution < 1.29 is 14.2 Å². The minimum atomic E-state index is 0.484. The number of ether oxygens (including phenoxy) is 3. The molecule has 0 amide bonds. The summed E-state index contributed by atoms with van der Waals surface area (Å²) in [5, 5.41) is 3.47. The number of nitrogens with one attached hydrogen (secondary N) is 1. The second-order valence-corrected chi connectivity index (χ2v) is 7.20. The molecule has 0 spiro atoms. The Morgan fingerprint density at radius 2 is 1.46 bits per heavy atom. The molecule has 0 aliphatic rings. The Labute approximate surface area is 174 Å². The largest absolute Gasteiger partial charge is 0.496 e. The van der Waals surface area contributed by atoms with Gasteiger partial charge < -0.3 is 19.5 Å². The number of rotatable bonds is 9. The molecule has 3 aromatic carbocycles. The molecule has 5 heteroatoms. The minimum Gasteiger partial charge on any atom is -0.496 e. The third-order valence-corrected chi connectivity index (χ3v) is 4.82. The number of benzene rings is 3. The first-order valence-corrected chi connectivity index (χ1v) is 9.86. The van der Waals surface area contributed by atoms with Crippen molar-refractivity contribution in [2.75, 3.05) is 14.2 Å². The molecule has 3 aromatic rings. The average Bonchev–Trinajstić information content (AvgIpc) is 2.73.